The molecule has 0 spiro atoms. The molecule has 1 aromatic heterocycles. The summed E-state index contributed by atoms with van der Waals surface area (Å²) in [6.45, 7) is 8.02. The zero-order valence-corrected chi connectivity index (χ0v) is 17.0. The largest absolute Gasteiger partial charge is 0.484 e. The summed E-state index contributed by atoms with van der Waals surface area (Å²) >= 11 is 6.01. The molecule has 0 N–H and O–H groups in total. The molecular formula is C21H29ClN2O2. The Bertz CT molecular complexity index is 753. The van der Waals surface area contributed by atoms with Crippen molar-refractivity contribution in [3.63, 3.8) is 0 Å². The lowest BCUT2D eigenvalue weighted by Crippen LogP contribution is -2.21. The van der Waals surface area contributed by atoms with Crippen LogP contribution in [0.3, 0.4) is 0 Å². The van der Waals surface area contributed by atoms with E-state index in [1.54, 1.807) is 12.1 Å². The molecule has 5 heteroatoms. The highest BCUT2D eigenvalue weighted by Gasteiger charge is 2.16. The third-order valence-corrected chi connectivity index (χ3v) is 5.12. The van der Waals surface area contributed by atoms with Gasteiger partial charge in [-0.25, -0.2) is 4.68 Å². The molecule has 1 heterocycles. The fraction of sp³-hybridized carbons (Fsp3) is 0.524. The lowest BCUT2D eigenvalue weighted by Gasteiger charge is -2.08. The summed E-state index contributed by atoms with van der Waals surface area (Å²) in [5.41, 5.74) is 3.98. The molecule has 0 saturated carbocycles. The molecule has 0 aliphatic heterocycles. The molecule has 0 atom stereocenters. The van der Waals surface area contributed by atoms with Gasteiger partial charge in [-0.3, -0.25) is 4.79 Å². The minimum atomic E-state index is -0.157. The number of aryl methyl sites for hydroxylation is 2. The Hall–Kier alpha value is -1.81. The number of unbranched alkanes of at least 4 members (excludes halogenated alkanes) is 4. The third kappa shape index (κ3) is 5.34. The van der Waals surface area contributed by atoms with Gasteiger partial charge in [0, 0.05) is 10.7 Å². The van der Waals surface area contributed by atoms with Gasteiger partial charge in [-0.1, -0.05) is 44.2 Å². The molecule has 0 saturated heterocycles. The third-order valence-electron chi connectivity index (χ3n) is 4.70. The molecule has 4 nitrogen and oxygen atoms in total. The summed E-state index contributed by atoms with van der Waals surface area (Å²) in [4.78, 5) is 12.5. The zero-order chi connectivity index (χ0) is 19.1. The first-order valence-electron chi connectivity index (χ1n) is 9.41. The van der Waals surface area contributed by atoms with Crippen LogP contribution in [-0.2, 0) is 6.42 Å². The molecule has 0 radical (unpaired) electrons. The quantitative estimate of drug-likeness (QED) is 0.527. The van der Waals surface area contributed by atoms with Crippen molar-refractivity contribution in [3.05, 3.63) is 45.7 Å². The minimum Gasteiger partial charge on any atom is -0.484 e. The smallest absolute Gasteiger partial charge is 0.284 e. The molecule has 0 unspecified atom stereocenters. The van der Waals surface area contributed by atoms with Crippen LogP contribution in [0.1, 0.15) is 66.3 Å². The van der Waals surface area contributed by atoms with Crippen LogP contribution in [0.5, 0.6) is 5.75 Å². The van der Waals surface area contributed by atoms with Crippen LogP contribution >= 0.6 is 11.6 Å². The number of hydrogen-bond acceptors (Lipinski definition) is 3. The maximum atomic E-state index is 12.5. The number of benzene rings is 1. The number of carbonyl (C=O) groups excluding carboxylic acids is 1. The van der Waals surface area contributed by atoms with Crippen molar-refractivity contribution in [1.82, 2.24) is 9.78 Å². The van der Waals surface area contributed by atoms with Crippen LogP contribution in [0.2, 0.25) is 5.02 Å². The van der Waals surface area contributed by atoms with E-state index in [1.807, 2.05) is 26.8 Å². The lowest BCUT2D eigenvalue weighted by molar-refractivity contribution is 0.0818. The number of aromatic nitrogens is 2. The predicted molar refractivity (Wildman–Crippen MR) is 106 cm³/mol. The first-order chi connectivity index (χ1) is 12.4. The second-order valence-electron chi connectivity index (χ2n) is 6.82. The summed E-state index contributed by atoms with van der Waals surface area (Å²) in [7, 11) is 0. The monoisotopic (exact) mass is 376 g/mol. The van der Waals surface area contributed by atoms with Crippen molar-refractivity contribution in [2.75, 3.05) is 6.61 Å². The Balaban J connectivity index is 1.96. The van der Waals surface area contributed by atoms with Crippen molar-refractivity contribution in [3.8, 4) is 5.75 Å². The highest BCUT2D eigenvalue weighted by atomic mass is 35.5. The molecule has 2 aromatic rings. The van der Waals surface area contributed by atoms with Gasteiger partial charge in [0.1, 0.15) is 5.75 Å². The average molecular weight is 377 g/mol. The molecule has 0 aliphatic rings. The first kappa shape index (κ1) is 20.5. The number of nitrogens with zero attached hydrogens (tertiary/aromatic N) is 2. The number of ether oxygens (including phenoxy) is 1. The van der Waals surface area contributed by atoms with Crippen LogP contribution in [0, 0.1) is 20.8 Å². The van der Waals surface area contributed by atoms with Gasteiger partial charge in [0.2, 0.25) is 0 Å². The SMILES string of the molecule is CCCCCCCc1c(C)nn(C(=O)COc2ccc(Cl)c(C)c2)c1C. The fourth-order valence-electron chi connectivity index (χ4n) is 3.10. The lowest BCUT2D eigenvalue weighted by atomic mass is 10.0. The number of carbonyl (C=O) groups is 1. The van der Waals surface area contributed by atoms with Crippen molar-refractivity contribution in [1.29, 1.82) is 0 Å². The van der Waals surface area contributed by atoms with Gasteiger partial charge in [0.15, 0.2) is 6.61 Å². The van der Waals surface area contributed by atoms with Crippen molar-refractivity contribution < 1.29 is 9.53 Å². The average Bonchev–Trinajstić information content (AvgIpc) is 2.90. The number of halogens is 1. The maximum absolute atomic E-state index is 12.5. The second kappa shape index (κ2) is 9.77. The van der Waals surface area contributed by atoms with Crippen molar-refractivity contribution >= 4 is 17.5 Å². The maximum Gasteiger partial charge on any atom is 0.284 e. The molecule has 0 amide bonds. The topological polar surface area (TPSA) is 44.1 Å². The van der Waals surface area contributed by atoms with Gasteiger partial charge in [0.25, 0.3) is 5.91 Å². The molecule has 0 aliphatic carbocycles. The number of hydrogen-bond donors (Lipinski definition) is 0. The van der Waals surface area contributed by atoms with E-state index in [0.29, 0.717) is 10.8 Å². The van der Waals surface area contributed by atoms with E-state index in [4.69, 9.17) is 16.3 Å². The highest BCUT2D eigenvalue weighted by molar-refractivity contribution is 6.31. The van der Waals surface area contributed by atoms with Gasteiger partial charge >= 0.3 is 0 Å². The van der Waals surface area contributed by atoms with Gasteiger partial charge in [-0.15, -0.1) is 0 Å². The van der Waals surface area contributed by atoms with E-state index >= 15 is 0 Å². The minimum absolute atomic E-state index is 0.0427. The second-order valence-corrected chi connectivity index (χ2v) is 7.23. The molecule has 0 bridgehead atoms. The van der Waals surface area contributed by atoms with E-state index < -0.39 is 0 Å². The molecular weight excluding hydrogens is 348 g/mol. The Morgan fingerprint density at radius 3 is 2.58 bits per heavy atom. The molecule has 2 rings (SSSR count). The Labute approximate surface area is 161 Å². The van der Waals surface area contributed by atoms with Crippen LogP contribution in [0.4, 0.5) is 0 Å². The van der Waals surface area contributed by atoms with E-state index in [0.717, 1.165) is 29.8 Å². The summed E-state index contributed by atoms with van der Waals surface area (Å²) in [5.74, 6) is 0.480. The van der Waals surface area contributed by atoms with E-state index in [1.165, 1.54) is 35.9 Å². The van der Waals surface area contributed by atoms with Gasteiger partial charge < -0.3 is 4.74 Å². The van der Waals surface area contributed by atoms with E-state index in [2.05, 4.69) is 12.0 Å². The van der Waals surface area contributed by atoms with Crippen LogP contribution in [0.25, 0.3) is 0 Å². The van der Waals surface area contributed by atoms with Gasteiger partial charge in [-0.2, -0.15) is 5.10 Å². The summed E-state index contributed by atoms with van der Waals surface area (Å²) < 4.78 is 7.10. The Morgan fingerprint density at radius 2 is 1.88 bits per heavy atom. The summed E-state index contributed by atoms with van der Waals surface area (Å²) in [6.07, 6.45) is 7.16. The van der Waals surface area contributed by atoms with Crippen LogP contribution < -0.4 is 4.74 Å². The first-order valence-corrected chi connectivity index (χ1v) is 9.79. The normalized spacial score (nSPS) is 11.0. The van der Waals surface area contributed by atoms with E-state index in [-0.39, 0.29) is 12.5 Å². The van der Waals surface area contributed by atoms with Gasteiger partial charge in [0.05, 0.1) is 5.69 Å². The molecule has 26 heavy (non-hydrogen) atoms. The Kier molecular flexibility index (Phi) is 7.70. The standard InChI is InChI=1S/C21H29ClN2O2/c1-5-6-7-8-9-10-19-16(3)23-24(17(19)4)21(25)14-26-18-11-12-20(22)15(2)13-18/h11-13H,5-10,14H2,1-4H3. The fourth-order valence-corrected chi connectivity index (χ4v) is 3.22. The Morgan fingerprint density at radius 1 is 1.15 bits per heavy atom. The van der Waals surface area contributed by atoms with Crippen molar-refractivity contribution in [2.45, 2.75) is 66.2 Å². The number of rotatable bonds is 9. The van der Waals surface area contributed by atoms with E-state index in [9.17, 15) is 4.79 Å². The summed E-state index contributed by atoms with van der Waals surface area (Å²) in [6, 6.07) is 5.38. The molecule has 142 valence electrons. The predicted octanol–water partition coefficient (Wildman–Crippen LogP) is 5.69. The zero-order valence-electron chi connectivity index (χ0n) is 16.3. The van der Waals surface area contributed by atoms with Crippen molar-refractivity contribution in [2.24, 2.45) is 0 Å². The van der Waals surface area contributed by atoms with Gasteiger partial charge in [-0.05, 0) is 62.9 Å². The van der Waals surface area contributed by atoms with Crippen LogP contribution in [0.15, 0.2) is 18.2 Å². The molecule has 0 fully saturated rings. The molecule has 1 aromatic carbocycles. The van der Waals surface area contributed by atoms with Crippen LogP contribution in [-0.4, -0.2) is 22.3 Å². The summed E-state index contributed by atoms with van der Waals surface area (Å²) in [5, 5.41) is 5.12. The highest BCUT2D eigenvalue weighted by Crippen LogP contribution is 2.21.